The van der Waals surface area contributed by atoms with E-state index in [2.05, 4.69) is 49.6 Å². The van der Waals surface area contributed by atoms with Crippen molar-refractivity contribution in [2.45, 2.75) is 84.7 Å². The lowest BCUT2D eigenvalue weighted by Gasteiger charge is -2.22. The van der Waals surface area contributed by atoms with Crippen LogP contribution in [0, 0.1) is 5.92 Å². The summed E-state index contributed by atoms with van der Waals surface area (Å²) in [5.74, 6) is 0.864. The van der Waals surface area contributed by atoms with Gasteiger partial charge in [0.2, 0.25) is 6.41 Å². The molecule has 0 aromatic heterocycles. The first kappa shape index (κ1) is 20.5. The fourth-order valence-corrected chi connectivity index (χ4v) is 3.34. The second-order valence-electron chi connectivity index (χ2n) is 6.96. The highest BCUT2D eigenvalue weighted by Crippen LogP contribution is 2.21. The lowest BCUT2D eigenvalue weighted by atomic mass is 9.96. The average Bonchev–Trinajstić information content (AvgIpc) is 2.58. The number of rotatable bonds is 14. The first-order valence-corrected chi connectivity index (χ1v) is 9.72. The van der Waals surface area contributed by atoms with Crippen LogP contribution in [0.25, 0.3) is 0 Å². The minimum Gasteiger partial charge on any atom is -0.382 e. The second-order valence-corrected chi connectivity index (χ2v) is 6.96. The number of carbonyl (C=O) groups is 1. The average molecular weight is 333 g/mol. The number of carbonyl (C=O) groups excluding carboxylic acids is 1. The van der Waals surface area contributed by atoms with Gasteiger partial charge in [0.25, 0.3) is 0 Å². The maximum Gasteiger partial charge on any atom is 0.207 e. The molecule has 0 aliphatic carbocycles. The van der Waals surface area contributed by atoms with E-state index >= 15 is 0 Å². The number of nitrogens with one attached hydrogen (secondary N) is 2. The summed E-state index contributed by atoms with van der Waals surface area (Å²) >= 11 is 0. The lowest BCUT2D eigenvalue weighted by Crippen LogP contribution is -2.21. The molecular weight excluding hydrogens is 296 g/mol. The van der Waals surface area contributed by atoms with Crippen molar-refractivity contribution >= 4 is 12.1 Å². The van der Waals surface area contributed by atoms with Gasteiger partial charge in [0.05, 0.1) is 0 Å². The standard InChI is InChI=1S/C21H36N2O/c1-4-10-18(3)12-6-8-14-20(11-5-2)23-21-15-9-7-13-19(21)16-22-17-24/h7,9,13,15,17-18,20,23H,4-6,8,10-12,14,16H2,1-3H3,(H,22,24). The van der Waals surface area contributed by atoms with E-state index in [0.29, 0.717) is 12.6 Å². The summed E-state index contributed by atoms with van der Waals surface area (Å²) in [6, 6.07) is 8.80. The SMILES string of the molecule is CCCC(C)CCCCC(CCC)Nc1ccccc1CNC=O. The topological polar surface area (TPSA) is 41.1 Å². The molecule has 136 valence electrons. The molecule has 0 radical (unpaired) electrons. The van der Waals surface area contributed by atoms with Crippen LogP contribution in [0.4, 0.5) is 5.69 Å². The molecule has 0 aliphatic rings. The third kappa shape index (κ3) is 8.37. The maximum atomic E-state index is 10.6. The molecular formula is C21H36N2O. The van der Waals surface area contributed by atoms with Crippen molar-refractivity contribution < 1.29 is 4.79 Å². The highest BCUT2D eigenvalue weighted by atomic mass is 16.1. The van der Waals surface area contributed by atoms with Gasteiger partial charge in [-0.05, 0) is 30.4 Å². The van der Waals surface area contributed by atoms with Gasteiger partial charge in [-0.25, -0.2) is 0 Å². The molecule has 0 aliphatic heterocycles. The Hall–Kier alpha value is -1.51. The Morgan fingerprint density at radius 2 is 1.71 bits per heavy atom. The van der Waals surface area contributed by atoms with E-state index in [0.717, 1.165) is 23.6 Å². The highest BCUT2D eigenvalue weighted by Gasteiger charge is 2.10. The van der Waals surface area contributed by atoms with Gasteiger partial charge < -0.3 is 10.6 Å². The number of hydrogen-bond acceptors (Lipinski definition) is 2. The Labute approximate surface area is 148 Å². The van der Waals surface area contributed by atoms with Crippen molar-refractivity contribution in [3.05, 3.63) is 29.8 Å². The molecule has 0 fully saturated rings. The molecule has 2 N–H and O–H groups in total. The van der Waals surface area contributed by atoms with Crippen molar-refractivity contribution in [2.75, 3.05) is 5.32 Å². The Morgan fingerprint density at radius 3 is 2.42 bits per heavy atom. The highest BCUT2D eigenvalue weighted by molar-refractivity contribution is 5.54. The Morgan fingerprint density at radius 1 is 1.00 bits per heavy atom. The third-order valence-corrected chi connectivity index (χ3v) is 4.67. The minimum atomic E-state index is 0.522. The number of anilines is 1. The van der Waals surface area contributed by atoms with Crippen LogP contribution in [-0.4, -0.2) is 12.5 Å². The summed E-state index contributed by atoms with van der Waals surface area (Å²) in [5.41, 5.74) is 2.31. The monoisotopic (exact) mass is 332 g/mol. The van der Waals surface area contributed by atoms with Gasteiger partial charge in [-0.15, -0.1) is 0 Å². The van der Waals surface area contributed by atoms with Crippen LogP contribution in [0.5, 0.6) is 0 Å². The Kier molecular flexibility index (Phi) is 11.0. The van der Waals surface area contributed by atoms with Crippen LogP contribution < -0.4 is 10.6 Å². The Balaban J connectivity index is 2.49. The quantitative estimate of drug-likeness (QED) is 0.348. The zero-order valence-corrected chi connectivity index (χ0v) is 15.8. The van der Waals surface area contributed by atoms with Crippen molar-refractivity contribution in [3.8, 4) is 0 Å². The molecule has 0 saturated heterocycles. The van der Waals surface area contributed by atoms with Gasteiger partial charge >= 0.3 is 0 Å². The molecule has 2 atom stereocenters. The van der Waals surface area contributed by atoms with Crippen molar-refractivity contribution in [1.82, 2.24) is 5.32 Å². The van der Waals surface area contributed by atoms with Gasteiger partial charge in [-0.2, -0.15) is 0 Å². The molecule has 0 heterocycles. The first-order valence-electron chi connectivity index (χ1n) is 9.72. The molecule has 2 unspecified atom stereocenters. The molecule has 3 nitrogen and oxygen atoms in total. The van der Waals surface area contributed by atoms with E-state index in [9.17, 15) is 4.79 Å². The molecule has 0 saturated carbocycles. The predicted octanol–water partition coefficient (Wildman–Crippen LogP) is 5.51. The van der Waals surface area contributed by atoms with E-state index in [1.807, 2.05) is 6.07 Å². The minimum absolute atomic E-state index is 0.522. The van der Waals surface area contributed by atoms with Gasteiger partial charge in [0.1, 0.15) is 0 Å². The smallest absolute Gasteiger partial charge is 0.207 e. The Bertz CT molecular complexity index is 447. The zero-order chi connectivity index (χ0) is 17.6. The van der Waals surface area contributed by atoms with Crippen LogP contribution in [0.3, 0.4) is 0 Å². The van der Waals surface area contributed by atoms with Crippen LogP contribution in [0.2, 0.25) is 0 Å². The lowest BCUT2D eigenvalue weighted by molar-refractivity contribution is -0.109. The molecule has 1 amide bonds. The summed E-state index contributed by atoms with van der Waals surface area (Å²) < 4.78 is 0. The summed E-state index contributed by atoms with van der Waals surface area (Å²) in [6.45, 7) is 7.48. The van der Waals surface area contributed by atoms with Crippen molar-refractivity contribution in [1.29, 1.82) is 0 Å². The summed E-state index contributed by atoms with van der Waals surface area (Å²) in [7, 11) is 0. The number of amides is 1. The van der Waals surface area contributed by atoms with E-state index in [4.69, 9.17) is 0 Å². The van der Waals surface area contributed by atoms with E-state index in [1.165, 1.54) is 51.4 Å². The van der Waals surface area contributed by atoms with E-state index in [1.54, 1.807) is 0 Å². The number of benzene rings is 1. The van der Waals surface area contributed by atoms with Crippen LogP contribution in [0.15, 0.2) is 24.3 Å². The fraction of sp³-hybridized carbons (Fsp3) is 0.667. The van der Waals surface area contributed by atoms with Gasteiger partial charge in [-0.1, -0.05) is 77.5 Å². The van der Waals surface area contributed by atoms with Crippen molar-refractivity contribution in [2.24, 2.45) is 5.92 Å². The molecule has 1 aromatic carbocycles. The van der Waals surface area contributed by atoms with Crippen LogP contribution in [-0.2, 0) is 11.3 Å². The summed E-state index contributed by atoms with van der Waals surface area (Å²) in [5, 5.41) is 6.48. The molecule has 1 aromatic rings. The molecule has 0 bridgehead atoms. The first-order chi connectivity index (χ1) is 11.7. The van der Waals surface area contributed by atoms with Gasteiger partial charge in [-0.3, -0.25) is 4.79 Å². The van der Waals surface area contributed by atoms with Gasteiger partial charge in [0.15, 0.2) is 0 Å². The summed E-state index contributed by atoms with van der Waals surface area (Å²) in [6.07, 6.45) is 11.0. The molecule has 24 heavy (non-hydrogen) atoms. The van der Waals surface area contributed by atoms with Crippen molar-refractivity contribution in [3.63, 3.8) is 0 Å². The van der Waals surface area contributed by atoms with E-state index < -0.39 is 0 Å². The normalized spacial score (nSPS) is 13.3. The number of hydrogen-bond donors (Lipinski definition) is 2. The number of para-hydroxylation sites is 1. The largest absolute Gasteiger partial charge is 0.382 e. The van der Waals surface area contributed by atoms with Gasteiger partial charge in [0, 0.05) is 18.3 Å². The summed E-state index contributed by atoms with van der Waals surface area (Å²) in [4.78, 5) is 10.6. The molecule has 0 spiro atoms. The number of unbranched alkanes of at least 4 members (excludes halogenated alkanes) is 1. The maximum absolute atomic E-state index is 10.6. The molecule has 1 rings (SSSR count). The second kappa shape index (κ2) is 12.9. The predicted molar refractivity (Wildman–Crippen MR) is 104 cm³/mol. The zero-order valence-electron chi connectivity index (χ0n) is 15.8. The van der Waals surface area contributed by atoms with Crippen LogP contribution in [0.1, 0.15) is 77.7 Å². The third-order valence-electron chi connectivity index (χ3n) is 4.67. The fourth-order valence-electron chi connectivity index (χ4n) is 3.34. The van der Waals surface area contributed by atoms with E-state index in [-0.39, 0.29) is 0 Å². The van der Waals surface area contributed by atoms with Crippen LogP contribution >= 0.6 is 0 Å². The molecule has 3 heteroatoms.